The molecule has 0 unspecified atom stereocenters. The zero-order valence-electron chi connectivity index (χ0n) is 19.9. The summed E-state index contributed by atoms with van der Waals surface area (Å²) in [5.74, 6) is -0.877. The minimum Gasteiger partial charge on any atom is -0.443 e. The van der Waals surface area contributed by atoms with Crippen LogP contribution >= 0.6 is 0 Å². The third-order valence-electron chi connectivity index (χ3n) is 4.89. The SMILES string of the molecule is Cc1cn([C@H]2CC[C@@H](COCOC(=O)C(C)(C)C)O2)c(=O)n(COC(=O)C(C)(C)C)c1=O. The van der Waals surface area contributed by atoms with Gasteiger partial charge in [-0.25, -0.2) is 9.36 Å². The molecule has 0 aromatic carbocycles. The molecule has 0 N–H and O–H groups in total. The maximum atomic E-state index is 12.9. The Bertz CT molecular complexity index is 949. The first-order valence-electron chi connectivity index (χ1n) is 10.6. The van der Waals surface area contributed by atoms with Crippen LogP contribution in [0.25, 0.3) is 0 Å². The van der Waals surface area contributed by atoms with Crippen LogP contribution in [0.5, 0.6) is 0 Å². The predicted octanol–water partition coefficient (Wildman–Crippen LogP) is 2.11. The molecule has 1 fully saturated rings. The van der Waals surface area contributed by atoms with Gasteiger partial charge in [0.15, 0.2) is 13.5 Å². The van der Waals surface area contributed by atoms with Crippen molar-refractivity contribution in [3.63, 3.8) is 0 Å². The summed E-state index contributed by atoms with van der Waals surface area (Å²) in [5, 5.41) is 0. The second kappa shape index (κ2) is 9.99. The molecule has 180 valence electrons. The number of carbonyl (C=O) groups is 2. The normalized spacial score (nSPS) is 19.1. The standard InChI is InChI=1S/C22H34N2O8/c1-14-10-23(20(28)24(17(14)25)12-30-18(26)21(2,3)4)16-9-8-15(32-16)11-29-13-31-19(27)22(5,6)7/h10,15-16H,8-9,11-13H2,1-7H3/t15-,16+/m0/s1. The summed E-state index contributed by atoms with van der Waals surface area (Å²) in [6, 6.07) is 0. The summed E-state index contributed by atoms with van der Waals surface area (Å²) in [6.07, 6.45) is 1.74. The van der Waals surface area contributed by atoms with Gasteiger partial charge in [0.05, 0.1) is 23.5 Å². The molecule has 0 spiro atoms. The number of hydrogen-bond acceptors (Lipinski definition) is 8. The predicted molar refractivity (Wildman–Crippen MR) is 115 cm³/mol. The Balaban J connectivity index is 2.01. The van der Waals surface area contributed by atoms with Crippen molar-refractivity contribution in [2.24, 2.45) is 10.8 Å². The zero-order valence-corrected chi connectivity index (χ0v) is 19.9. The maximum absolute atomic E-state index is 12.9. The van der Waals surface area contributed by atoms with Crippen molar-refractivity contribution < 1.29 is 28.5 Å². The summed E-state index contributed by atoms with van der Waals surface area (Å²) in [7, 11) is 0. The van der Waals surface area contributed by atoms with Crippen LogP contribution in [0.15, 0.2) is 15.8 Å². The first-order valence-corrected chi connectivity index (χ1v) is 10.6. The summed E-state index contributed by atoms with van der Waals surface area (Å²) in [6.45, 7) is 11.5. The molecule has 0 bridgehead atoms. The summed E-state index contributed by atoms with van der Waals surface area (Å²) < 4.78 is 23.7. The van der Waals surface area contributed by atoms with E-state index in [-0.39, 0.29) is 25.5 Å². The van der Waals surface area contributed by atoms with Crippen LogP contribution in [0.4, 0.5) is 0 Å². The highest BCUT2D eigenvalue weighted by molar-refractivity contribution is 5.75. The molecule has 1 saturated heterocycles. The Morgan fingerprint density at radius 2 is 1.62 bits per heavy atom. The number of carbonyl (C=O) groups excluding carboxylic acids is 2. The van der Waals surface area contributed by atoms with E-state index < -0.39 is 41.0 Å². The van der Waals surface area contributed by atoms with E-state index in [1.165, 1.54) is 10.8 Å². The Morgan fingerprint density at radius 1 is 1.03 bits per heavy atom. The number of aryl methyl sites for hydroxylation is 1. The van der Waals surface area contributed by atoms with Crippen molar-refractivity contribution in [3.05, 3.63) is 32.6 Å². The zero-order chi connectivity index (χ0) is 24.3. The first kappa shape index (κ1) is 25.8. The van der Waals surface area contributed by atoms with E-state index in [1.54, 1.807) is 48.5 Å². The van der Waals surface area contributed by atoms with Gasteiger partial charge in [0.2, 0.25) is 0 Å². The lowest BCUT2D eigenvalue weighted by atomic mass is 9.97. The van der Waals surface area contributed by atoms with Gasteiger partial charge in [-0.05, 0) is 61.3 Å². The lowest BCUT2D eigenvalue weighted by molar-refractivity contribution is -0.169. The molecule has 1 aliphatic heterocycles. The maximum Gasteiger partial charge on any atom is 0.335 e. The summed E-state index contributed by atoms with van der Waals surface area (Å²) in [5.41, 5.74) is -2.18. The highest BCUT2D eigenvalue weighted by Crippen LogP contribution is 2.27. The van der Waals surface area contributed by atoms with Crippen molar-refractivity contribution in [1.29, 1.82) is 0 Å². The van der Waals surface area contributed by atoms with E-state index >= 15 is 0 Å². The van der Waals surface area contributed by atoms with E-state index in [9.17, 15) is 19.2 Å². The first-order chi connectivity index (χ1) is 14.7. The Kier molecular flexibility index (Phi) is 8.06. The van der Waals surface area contributed by atoms with Crippen molar-refractivity contribution in [3.8, 4) is 0 Å². The van der Waals surface area contributed by atoms with Crippen molar-refractivity contribution in [2.75, 3.05) is 13.4 Å². The molecule has 2 rings (SSSR count). The highest BCUT2D eigenvalue weighted by Gasteiger charge is 2.30. The second-order valence-corrected chi connectivity index (χ2v) is 10.0. The Morgan fingerprint density at radius 3 is 2.22 bits per heavy atom. The van der Waals surface area contributed by atoms with E-state index in [2.05, 4.69) is 0 Å². The Hall–Kier alpha value is -2.46. The fourth-order valence-corrected chi connectivity index (χ4v) is 2.92. The van der Waals surface area contributed by atoms with Gasteiger partial charge in [0.25, 0.3) is 5.56 Å². The molecule has 1 aliphatic rings. The second-order valence-electron chi connectivity index (χ2n) is 10.0. The fraction of sp³-hybridized carbons (Fsp3) is 0.727. The van der Waals surface area contributed by atoms with Crippen molar-refractivity contribution in [2.45, 2.75) is 80.4 Å². The molecule has 0 radical (unpaired) electrons. The van der Waals surface area contributed by atoms with Crippen LogP contribution in [-0.2, 0) is 35.3 Å². The molecule has 1 aromatic rings. The molecule has 2 atom stereocenters. The minimum absolute atomic E-state index is 0.177. The van der Waals surface area contributed by atoms with Crippen molar-refractivity contribution in [1.82, 2.24) is 9.13 Å². The lowest BCUT2D eigenvalue weighted by Gasteiger charge is -2.20. The molecular formula is C22H34N2O8. The topological polar surface area (TPSA) is 115 Å². The lowest BCUT2D eigenvalue weighted by Crippen LogP contribution is -2.43. The largest absolute Gasteiger partial charge is 0.443 e. The van der Waals surface area contributed by atoms with E-state index in [0.29, 0.717) is 18.4 Å². The number of aromatic nitrogens is 2. The third-order valence-corrected chi connectivity index (χ3v) is 4.89. The molecule has 0 aliphatic carbocycles. The quantitative estimate of drug-likeness (QED) is 0.350. The number of rotatable bonds is 7. The van der Waals surface area contributed by atoms with Crippen LogP contribution in [0.2, 0.25) is 0 Å². The molecule has 10 nitrogen and oxygen atoms in total. The van der Waals surface area contributed by atoms with Gasteiger partial charge in [-0.1, -0.05) is 0 Å². The van der Waals surface area contributed by atoms with Crippen LogP contribution < -0.4 is 11.2 Å². The number of hydrogen-bond donors (Lipinski definition) is 0. The van der Waals surface area contributed by atoms with Gasteiger partial charge in [-0.3, -0.25) is 19.0 Å². The molecule has 10 heteroatoms. The van der Waals surface area contributed by atoms with Crippen LogP contribution in [0.1, 0.15) is 66.2 Å². The van der Waals surface area contributed by atoms with Crippen molar-refractivity contribution >= 4 is 11.9 Å². The van der Waals surface area contributed by atoms with Gasteiger partial charge in [-0.2, -0.15) is 0 Å². The number of esters is 2. The molecule has 32 heavy (non-hydrogen) atoms. The number of nitrogens with zero attached hydrogens (tertiary/aromatic N) is 2. The monoisotopic (exact) mass is 454 g/mol. The molecule has 1 aromatic heterocycles. The molecule has 0 amide bonds. The van der Waals surface area contributed by atoms with Gasteiger partial charge in [0.1, 0.15) is 6.23 Å². The smallest absolute Gasteiger partial charge is 0.335 e. The molecular weight excluding hydrogens is 420 g/mol. The van der Waals surface area contributed by atoms with Crippen LogP contribution in [0.3, 0.4) is 0 Å². The third kappa shape index (κ3) is 6.52. The summed E-state index contributed by atoms with van der Waals surface area (Å²) in [4.78, 5) is 49.1. The molecule has 0 saturated carbocycles. The minimum atomic E-state index is -0.755. The van der Waals surface area contributed by atoms with Gasteiger partial charge < -0.3 is 18.9 Å². The van der Waals surface area contributed by atoms with Gasteiger partial charge in [-0.15, -0.1) is 0 Å². The van der Waals surface area contributed by atoms with Crippen LogP contribution in [0, 0.1) is 17.8 Å². The average Bonchev–Trinajstić information content (AvgIpc) is 3.14. The van der Waals surface area contributed by atoms with E-state index in [0.717, 1.165) is 4.57 Å². The molecule has 2 heterocycles. The van der Waals surface area contributed by atoms with E-state index in [4.69, 9.17) is 18.9 Å². The van der Waals surface area contributed by atoms with Crippen LogP contribution in [-0.4, -0.2) is 40.6 Å². The summed E-state index contributed by atoms with van der Waals surface area (Å²) >= 11 is 0. The Labute approximate surface area is 187 Å². The highest BCUT2D eigenvalue weighted by atomic mass is 16.7. The number of ether oxygens (including phenoxy) is 4. The van der Waals surface area contributed by atoms with E-state index in [1.807, 2.05) is 0 Å². The average molecular weight is 455 g/mol. The van der Waals surface area contributed by atoms with Gasteiger partial charge >= 0.3 is 17.6 Å². The fourth-order valence-electron chi connectivity index (χ4n) is 2.92. The van der Waals surface area contributed by atoms with Gasteiger partial charge in [0, 0.05) is 11.8 Å².